The van der Waals surface area contributed by atoms with E-state index in [1.807, 2.05) is 0 Å². The van der Waals surface area contributed by atoms with Crippen LogP contribution in [0.2, 0.25) is 0 Å². The molecule has 0 saturated heterocycles. The molecule has 0 saturated carbocycles. The summed E-state index contributed by atoms with van der Waals surface area (Å²) < 4.78 is 59.7. The fraction of sp³-hybridized carbons (Fsp3) is 0.350. The topological polar surface area (TPSA) is 54.9 Å². The monoisotopic (exact) mass is 413 g/mol. The van der Waals surface area contributed by atoms with Crippen molar-refractivity contribution < 1.29 is 27.0 Å². The van der Waals surface area contributed by atoms with Crippen molar-refractivity contribution >= 4 is 5.96 Å². The number of hydrogen-bond donors (Lipinski definition) is 2. The van der Waals surface area contributed by atoms with E-state index >= 15 is 0 Å². The van der Waals surface area contributed by atoms with Gasteiger partial charge in [-0.2, -0.15) is 13.2 Å². The molecule has 2 rings (SSSR count). The zero-order chi connectivity index (χ0) is 21.3. The predicted molar refractivity (Wildman–Crippen MR) is 102 cm³/mol. The molecule has 0 aliphatic carbocycles. The van der Waals surface area contributed by atoms with Gasteiger partial charge in [0.1, 0.15) is 11.6 Å². The van der Waals surface area contributed by atoms with Gasteiger partial charge in [0.2, 0.25) is 0 Å². The summed E-state index contributed by atoms with van der Waals surface area (Å²) in [6, 6.07) is 12.4. The summed E-state index contributed by atoms with van der Waals surface area (Å²) in [5.74, 6) is 0.353. The van der Waals surface area contributed by atoms with Crippen LogP contribution in [0.1, 0.15) is 17.2 Å². The molecule has 29 heavy (non-hydrogen) atoms. The second-order valence-corrected chi connectivity index (χ2v) is 6.13. The molecule has 0 aliphatic rings. The average Bonchev–Trinajstić information content (AvgIpc) is 2.70. The summed E-state index contributed by atoms with van der Waals surface area (Å²) in [5, 5.41) is 6.23. The van der Waals surface area contributed by atoms with Crippen LogP contribution in [0.4, 0.5) is 17.6 Å². The van der Waals surface area contributed by atoms with E-state index in [1.54, 1.807) is 38.4 Å². The normalized spacial score (nSPS) is 13.1. The smallest absolute Gasteiger partial charge is 0.422 e. The van der Waals surface area contributed by atoms with E-state index in [9.17, 15) is 17.6 Å². The first-order valence-electron chi connectivity index (χ1n) is 8.82. The quantitative estimate of drug-likeness (QED) is 0.393. The van der Waals surface area contributed by atoms with E-state index < -0.39 is 12.8 Å². The lowest BCUT2D eigenvalue weighted by molar-refractivity contribution is -0.153. The van der Waals surface area contributed by atoms with Gasteiger partial charge in [-0.3, -0.25) is 4.99 Å². The van der Waals surface area contributed by atoms with Crippen LogP contribution in [-0.4, -0.2) is 39.4 Å². The van der Waals surface area contributed by atoms with E-state index in [0.717, 1.165) is 11.1 Å². The van der Waals surface area contributed by atoms with Gasteiger partial charge < -0.3 is 20.1 Å². The highest BCUT2D eigenvalue weighted by atomic mass is 19.4. The van der Waals surface area contributed by atoms with Gasteiger partial charge in [0.05, 0.1) is 6.10 Å². The molecule has 0 heterocycles. The van der Waals surface area contributed by atoms with E-state index in [-0.39, 0.29) is 17.7 Å². The fourth-order valence-electron chi connectivity index (χ4n) is 2.48. The molecule has 0 aromatic heterocycles. The van der Waals surface area contributed by atoms with E-state index in [4.69, 9.17) is 4.74 Å². The molecule has 0 bridgehead atoms. The van der Waals surface area contributed by atoms with Gasteiger partial charge in [-0.1, -0.05) is 24.3 Å². The third-order valence-electron chi connectivity index (χ3n) is 3.99. The van der Waals surface area contributed by atoms with Crippen molar-refractivity contribution in [3.63, 3.8) is 0 Å². The van der Waals surface area contributed by atoms with Crippen molar-refractivity contribution in [2.24, 2.45) is 4.99 Å². The van der Waals surface area contributed by atoms with Crippen molar-refractivity contribution in [2.75, 3.05) is 27.3 Å². The molecule has 158 valence electrons. The standard InChI is InChI=1S/C20H23F4N3O2/c1-25-19(27-12-18(28-2)15-5-7-16(21)8-6-15)26-11-14-3-9-17(10-4-14)29-13-20(22,23)24/h3-10,18H,11-13H2,1-2H3,(H2,25,26,27). The summed E-state index contributed by atoms with van der Waals surface area (Å²) in [4.78, 5) is 4.12. The molecule has 0 amide bonds. The van der Waals surface area contributed by atoms with Crippen LogP contribution in [0.15, 0.2) is 53.5 Å². The molecule has 0 radical (unpaired) electrons. The maximum absolute atomic E-state index is 13.1. The molecule has 5 nitrogen and oxygen atoms in total. The first kappa shape index (κ1) is 22.5. The van der Waals surface area contributed by atoms with Crippen molar-refractivity contribution in [1.29, 1.82) is 0 Å². The second kappa shape index (κ2) is 10.7. The van der Waals surface area contributed by atoms with Crippen LogP contribution in [0, 0.1) is 5.82 Å². The van der Waals surface area contributed by atoms with Gasteiger partial charge in [0.15, 0.2) is 12.6 Å². The van der Waals surface area contributed by atoms with Gasteiger partial charge in [-0.05, 0) is 35.4 Å². The first-order chi connectivity index (χ1) is 13.8. The lowest BCUT2D eigenvalue weighted by Crippen LogP contribution is -2.39. The number of ether oxygens (including phenoxy) is 2. The zero-order valence-corrected chi connectivity index (χ0v) is 16.1. The van der Waals surface area contributed by atoms with Gasteiger partial charge in [-0.15, -0.1) is 0 Å². The van der Waals surface area contributed by atoms with E-state index in [1.165, 1.54) is 24.3 Å². The number of nitrogens with zero attached hydrogens (tertiary/aromatic N) is 1. The Morgan fingerprint density at radius 1 is 1.03 bits per heavy atom. The highest BCUT2D eigenvalue weighted by molar-refractivity contribution is 5.79. The minimum Gasteiger partial charge on any atom is -0.484 e. The predicted octanol–water partition coefficient (Wildman–Crippen LogP) is 3.82. The number of nitrogens with one attached hydrogen (secondary N) is 2. The number of benzene rings is 2. The highest BCUT2D eigenvalue weighted by Gasteiger charge is 2.28. The van der Waals surface area contributed by atoms with Crippen molar-refractivity contribution in [3.8, 4) is 5.75 Å². The Hall–Kier alpha value is -2.81. The molecule has 0 spiro atoms. The average molecular weight is 413 g/mol. The number of aliphatic imine (C=N–C) groups is 1. The third-order valence-corrected chi connectivity index (χ3v) is 3.99. The molecule has 0 fully saturated rings. The van der Waals surface area contributed by atoms with Gasteiger partial charge >= 0.3 is 6.18 Å². The van der Waals surface area contributed by atoms with Crippen LogP contribution in [0.5, 0.6) is 5.75 Å². The Balaban J connectivity index is 1.83. The Labute approximate surface area is 166 Å². The second-order valence-electron chi connectivity index (χ2n) is 6.13. The molecule has 0 aliphatic heterocycles. The number of hydrogen-bond acceptors (Lipinski definition) is 3. The highest BCUT2D eigenvalue weighted by Crippen LogP contribution is 2.19. The number of guanidine groups is 1. The molecular weight excluding hydrogens is 390 g/mol. The lowest BCUT2D eigenvalue weighted by Gasteiger charge is -2.19. The first-order valence-corrected chi connectivity index (χ1v) is 8.82. The number of rotatable bonds is 8. The number of halogens is 4. The SMILES string of the molecule is CN=C(NCc1ccc(OCC(F)(F)F)cc1)NCC(OC)c1ccc(F)cc1. The maximum atomic E-state index is 13.1. The Bertz CT molecular complexity index is 778. The number of alkyl halides is 3. The van der Waals surface area contributed by atoms with Crippen LogP contribution < -0.4 is 15.4 Å². The van der Waals surface area contributed by atoms with Crippen LogP contribution in [0.3, 0.4) is 0 Å². The maximum Gasteiger partial charge on any atom is 0.422 e. The van der Waals surface area contributed by atoms with Crippen molar-refractivity contribution in [2.45, 2.75) is 18.8 Å². The molecule has 9 heteroatoms. The molecule has 1 atom stereocenters. The third kappa shape index (κ3) is 7.98. The molecule has 2 N–H and O–H groups in total. The summed E-state index contributed by atoms with van der Waals surface area (Å²) in [5.41, 5.74) is 1.67. The minimum absolute atomic E-state index is 0.149. The Morgan fingerprint density at radius 2 is 1.69 bits per heavy atom. The van der Waals surface area contributed by atoms with Gasteiger partial charge in [-0.25, -0.2) is 4.39 Å². The van der Waals surface area contributed by atoms with E-state index in [2.05, 4.69) is 20.4 Å². The van der Waals surface area contributed by atoms with Crippen molar-refractivity contribution in [3.05, 3.63) is 65.5 Å². The lowest BCUT2D eigenvalue weighted by atomic mass is 10.1. The molecule has 2 aromatic carbocycles. The summed E-state index contributed by atoms with van der Waals surface area (Å²) in [6.07, 6.45) is -4.66. The molecular formula is C20H23F4N3O2. The van der Waals surface area contributed by atoms with Gasteiger partial charge in [0.25, 0.3) is 0 Å². The van der Waals surface area contributed by atoms with Gasteiger partial charge in [0, 0.05) is 27.2 Å². The minimum atomic E-state index is -4.37. The zero-order valence-electron chi connectivity index (χ0n) is 16.1. The molecule has 2 aromatic rings. The summed E-state index contributed by atoms with van der Waals surface area (Å²) >= 11 is 0. The summed E-state index contributed by atoms with van der Waals surface area (Å²) in [7, 11) is 3.18. The Kier molecular flexibility index (Phi) is 8.26. The fourth-order valence-corrected chi connectivity index (χ4v) is 2.48. The molecule has 1 unspecified atom stereocenters. The largest absolute Gasteiger partial charge is 0.484 e. The van der Waals surface area contributed by atoms with Crippen LogP contribution in [-0.2, 0) is 11.3 Å². The van der Waals surface area contributed by atoms with Crippen molar-refractivity contribution in [1.82, 2.24) is 10.6 Å². The van der Waals surface area contributed by atoms with Crippen LogP contribution >= 0.6 is 0 Å². The Morgan fingerprint density at radius 3 is 2.24 bits per heavy atom. The van der Waals surface area contributed by atoms with Crippen LogP contribution in [0.25, 0.3) is 0 Å². The van der Waals surface area contributed by atoms with E-state index in [0.29, 0.717) is 19.0 Å². The summed E-state index contributed by atoms with van der Waals surface area (Å²) in [6.45, 7) is -0.505. The number of methoxy groups -OCH3 is 1.